The van der Waals surface area contributed by atoms with Gasteiger partial charge in [0.25, 0.3) is 0 Å². The zero-order chi connectivity index (χ0) is 13.4. The van der Waals surface area contributed by atoms with Gasteiger partial charge in [0.05, 0.1) is 0 Å². The average Bonchev–Trinajstić information content (AvgIpc) is 3.04. The van der Waals surface area contributed by atoms with E-state index >= 15 is 0 Å². The molecule has 98 valence electrons. The number of hydrogen-bond acceptors (Lipinski definition) is 2. The third-order valence-corrected chi connectivity index (χ3v) is 4.85. The van der Waals surface area contributed by atoms with Crippen molar-refractivity contribution in [2.75, 3.05) is 0 Å². The molecule has 1 saturated heterocycles. The maximum absolute atomic E-state index is 6.11. The van der Waals surface area contributed by atoms with E-state index in [2.05, 4.69) is 45.9 Å². The average molecular weight is 254 g/mol. The van der Waals surface area contributed by atoms with Gasteiger partial charge in [0.15, 0.2) is 0 Å². The van der Waals surface area contributed by atoms with Gasteiger partial charge >= 0.3 is 0 Å². The van der Waals surface area contributed by atoms with Gasteiger partial charge in [0.1, 0.15) is 23.2 Å². The molecule has 4 rings (SSSR count). The molecule has 2 atom stereocenters. The van der Waals surface area contributed by atoms with Gasteiger partial charge in [-0.2, -0.15) is 0 Å². The standard InChI is InChI=1S/C17H18O2/c1-9-5-12-8-13-15(18-14(12)6-10(9)2)7-11(3)17(4)16(13)19-17/h5-7,16H,8H2,1-4H3. The smallest absolute Gasteiger partial charge is 0.131 e. The van der Waals surface area contributed by atoms with E-state index in [9.17, 15) is 0 Å². The van der Waals surface area contributed by atoms with Gasteiger partial charge in [-0.05, 0) is 62.1 Å². The van der Waals surface area contributed by atoms with E-state index < -0.39 is 0 Å². The Morgan fingerprint density at radius 3 is 2.68 bits per heavy atom. The lowest BCUT2D eigenvalue weighted by Crippen LogP contribution is -2.23. The molecule has 3 aliphatic rings. The lowest BCUT2D eigenvalue weighted by atomic mass is 9.84. The number of hydrogen-bond donors (Lipinski definition) is 0. The molecule has 1 aromatic rings. The minimum absolute atomic E-state index is 0.0700. The Labute approximate surface area is 113 Å². The van der Waals surface area contributed by atoms with E-state index in [-0.39, 0.29) is 11.7 Å². The molecule has 0 amide bonds. The van der Waals surface area contributed by atoms with Crippen LogP contribution >= 0.6 is 0 Å². The summed E-state index contributed by atoms with van der Waals surface area (Å²) in [6.45, 7) is 8.58. The van der Waals surface area contributed by atoms with Crippen molar-refractivity contribution in [3.05, 3.63) is 51.8 Å². The molecule has 0 aromatic heterocycles. The predicted octanol–water partition coefficient (Wildman–Crippen LogP) is 3.61. The van der Waals surface area contributed by atoms with Crippen LogP contribution in [0.5, 0.6) is 5.75 Å². The molecule has 1 aromatic carbocycles. The van der Waals surface area contributed by atoms with Crippen molar-refractivity contribution in [2.45, 2.75) is 45.8 Å². The molecule has 0 N–H and O–H groups in total. The lowest BCUT2D eigenvalue weighted by Gasteiger charge is -2.26. The van der Waals surface area contributed by atoms with E-state index in [1.54, 1.807) is 0 Å². The monoisotopic (exact) mass is 254 g/mol. The molecule has 0 saturated carbocycles. The van der Waals surface area contributed by atoms with Crippen LogP contribution in [-0.2, 0) is 11.2 Å². The summed E-state index contributed by atoms with van der Waals surface area (Å²) in [5, 5.41) is 0. The van der Waals surface area contributed by atoms with E-state index in [0.717, 1.165) is 17.9 Å². The number of allylic oxidation sites excluding steroid dienone is 1. The van der Waals surface area contributed by atoms with Gasteiger partial charge in [-0.15, -0.1) is 0 Å². The number of fused-ring (bicyclic) bond motifs is 3. The first kappa shape index (κ1) is 11.3. The zero-order valence-electron chi connectivity index (χ0n) is 11.8. The van der Waals surface area contributed by atoms with Crippen LogP contribution in [-0.4, -0.2) is 11.7 Å². The molecular weight excluding hydrogens is 236 g/mol. The van der Waals surface area contributed by atoms with Crippen LogP contribution < -0.4 is 4.74 Å². The largest absolute Gasteiger partial charge is 0.457 e. The Bertz CT molecular complexity index is 666. The van der Waals surface area contributed by atoms with E-state index in [1.807, 2.05) is 0 Å². The maximum Gasteiger partial charge on any atom is 0.131 e. The van der Waals surface area contributed by atoms with Gasteiger partial charge in [-0.3, -0.25) is 0 Å². The Hall–Kier alpha value is -1.54. The summed E-state index contributed by atoms with van der Waals surface area (Å²) in [4.78, 5) is 0. The quantitative estimate of drug-likeness (QED) is 0.660. The van der Waals surface area contributed by atoms with E-state index in [4.69, 9.17) is 9.47 Å². The molecule has 2 heteroatoms. The summed E-state index contributed by atoms with van der Waals surface area (Å²) in [6, 6.07) is 4.40. The van der Waals surface area contributed by atoms with E-state index in [1.165, 1.54) is 27.8 Å². The molecule has 2 nitrogen and oxygen atoms in total. The highest BCUT2D eigenvalue weighted by Crippen LogP contribution is 2.53. The van der Waals surface area contributed by atoms with Crippen LogP contribution in [0.25, 0.3) is 0 Å². The van der Waals surface area contributed by atoms with Crippen molar-refractivity contribution in [1.29, 1.82) is 0 Å². The first-order valence-corrected chi connectivity index (χ1v) is 6.86. The number of ether oxygens (including phenoxy) is 2. The second-order valence-corrected chi connectivity index (χ2v) is 6.14. The third kappa shape index (κ3) is 1.41. The highest BCUT2D eigenvalue weighted by molar-refractivity contribution is 5.54. The van der Waals surface area contributed by atoms with Gasteiger partial charge < -0.3 is 9.47 Å². The molecule has 19 heavy (non-hydrogen) atoms. The van der Waals surface area contributed by atoms with Crippen molar-refractivity contribution < 1.29 is 9.47 Å². The topological polar surface area (TPSA) is 21.8 Å². The Morgan fingerprint density at radius 2 is 1.89 bits per heavy atom. The molecule has 2 aliphatic heterocycles. The highest BCUT2D eigenvalue weighted by atomic mass is 16.6. The van der Waals surface area contributed by atoms with Crippen LogP contribution in [0.1, 0.15) is 30.5 Å². The lowest BCUT2D eigenvalue weighted by molar-refractivity contribution is 0.342. The summed E-state index contributed by atoms with van der Waals surface area (Å²) in [5.41, 5.74) is 6.40. The normalized spacial score (nSPS) is 30.9. The van der Waals surface area contributed by atoms with Gasteiger partial charge in [0.2, 0.25) is 0 Å². The summed E-state index contributed by atoms with van der Waals surface area (Å²) in [7, 11) is 0. The Morgan fingerprint density at radius 1 is 1.16 bits per heavy atom. The number of benzene rings is 1. The highest BCUT2D eigenvalue weighted by Gasteiger charge is 2.58. The summed E-state index contributed by atoms with van der Waals surface area (Å²) < 4.78 is 12.0. The van der Waals surface area contributed by atoms with Crippen molar-refractivity contribution in [3.63, 3.8) is 0 Å². The summed E-state index contributed by atoms with van der Waals surface area (Å²) in [6.07, 6.45) is 3.33. The summed E-state index contributed by atoms with van der Waals surface area (Å²) >= 11 is 0. The summed E-state index contributed by atoms with van der Waals surface area (Å²) in [5.74, 6) is 2.02. The van der Waals surface area contributed by atoms with Crippen molar-refractivity contribution in [1.82, 2.24) is 0 Å². The minimum atomic E-state index is -0.0700. The van der Waals surface area contributed by atoms with Crippen LogP contribution in [0.4, 0.5) is 0 Å². The Kier molecular flexibility index (Phi) is 1.97. The Balaban J connectivity index is 1.80. The zero-order valence-corrected chi connectivity index (χ0v) is 11.8. The first-order chi connectivity index (χ1) is 8.99. The van der Waals surface area contributed by atoms with Crippen molar-refractivity contribution in [2.24, 2.45) is 0 Å². The molecule has 0 spiro atoms. The molecule has 2 heterocycles. The first-order valence-electron chi connectivity index (χ1n) is 6.86. The van der Waals surface area contributed by atoms with Gasteiger partial charge in [-0.25, -0.2) is 0 Å². The van der Waals surface area contributed by atoms with Crippen LogP contribution in [0, 0.1) is 13.8 Å². The van der Waals surface area contributed by atoms with Crippen molar-refractivity contribution >= 4 is 0 Å². The SMILES string of the molecule is CC1=CC2=C(Cc3cc(C)c(C)cc3O2)C2OC12C. The second-order valence-electron chi connectivity index (χ2n) is 6.14. The molecule has 1 fully saturated rings. The minimum Gasteiger partial charge on any atom is -0.457 e. The molecule has 0 bridgehead atoms. The second kappa shape index (κ2) is 3.31. The molecule has 2 unspecified atom stereocenters. The van der Waals surface area contributed by atoms with Crippen LogP contribution in [0.2, 0.25) is 0 Å². The predicted molar refractivity (Wildman–Crippen MR) is 74.3 cm³/mol. The van der Waals surface area contributed by atoms with Gasteiger partial charge in [-0.1, -0.05) is 6.07 Å². The fraction of sp³-hybridized carbons (Fsp3) is 0.412. The molecular formula is C17H18O2. The fourth-order valence-corrected chi connectivity index (χ4v) is 3.16. The fourth-order valence-electron chi connectivity index (χ4n) is 3.16. The van der Waals surface area contributed by atoms with Crippen molar-refractivity contribution in [3.8, 4) is 5.75 Å². The van der Waals surface area contributed by atoms with Crippen LogP contribution in [0.3, 0.4) is 0 Å². The molecule has 0 radical (unpaired) electrons. The number of epoxide rings is 1. The molecule has 1 aliphatic carbocycles. The third-order valence-electron chi connectivity index (χ3n) is 4.85. The number of aryl methyl sites for hydroxylation is 2. The van der Waals surface area contributed by atoms with E-state index in [0.29, 0.717) is 0 Å². The maximum atomic E-state index is 6.11. The van der Waals surface area contributed by atoms with Gasteiger partial charge in [0, 0.05) is 12.0 Å². The number of rotatable bonds is 0. The van der Waals surface area contributed by atoms with Crippen LogP contribution in [0.15, 0.2) is 35.1 Å².